The second-order valence-electron chi connectivity index (χ2n) is 3.57. The normalized spacial score (nSPS) is 10.3. The van der Waals surface area contributed by atoms with Crippen molar-refractivity contribution >= 4 is 23.5 Å². The van der Waals surface area contributed by atoms with Crippen LogP contribution in [0.1, 0.15) is 20.3 Å². The molecule has 94 valence electrons. The summed E-state index contributed by atoms with van der Waals surface area (Å²) in [6.45, 7) is 4.64. The van der Waals surface area contributed by atoms with Crippen LogP contribution in [0.5, 0.6) is 0 Å². The molecule has 0 rings (SSSR count). The summed E-state index contributed by atoms with van der Waals surface area (Å²) < 4.78 is 4.90. The highest BCUT2D eigenvalue weighted by atomic mass is 35.5. The molecule has 0 saturated carbocycles. The first kappa shape index (κ1) is 15.2. The summed E-state index contributed by atoms with van der Waals surface area (Å²) in [5, 5.41) is 2.28. The van der Waals surface area contributed by atoms with E-state index in [2.05, 4.69) is 5.32 Å². The van der Waals surface area contributed by atoms with Gasteiger partial charge in [-0.15, -0.1) is 11.6 Å². The van der Waals surface area contributed by atoms with Crippen LogP contribution < -0.4 is 5.32 Å². The predicted molar refractivity (Wildman–Crippen MR) is 62.6 cm³/mol. The molecule has 0 saturated heterocycles. The second-order valence-corrected chi connectivity index (χ2v) is 3.95. The molecule has 16 heavy (non-hydrogen) atoms. The van der Waals surface area contributed by atoms with Crippen LogP contribution in [0, 0.1) is 0 Å². The number of urea groups is 1. The first-order valence-corrected chi connectivity index (χ1v) is 5.71. The minimum absolute atomic E-state index is 0.0129. The first-order chi connectivity index (χ1) is 7.52. The lowest BCUT2D eigenvalue weighted by atomic mass is 10.3. The van der Waals surface area contributed by atoms with Gasteiger partial charge in [0, 0.05) is 32.0 Å². The molecule has 0 aliphatic carbocycles. The number of carbonyl (C=O) groups excluding carboxylic acids is 2. The highest BCUT2D eigenvalue weighted by Crippen LogP contribution is 1.99. The van der Waals surface area contributed by atoms with E-state index in [-0.39, 0.29) is 24.2 Å². The Morgan fingerprint density at radius 3 is 2.50 bits per heavy atom. The van der Waals surface area contributed by atoms with Crippen LogP contribution in [-0.2, 0) is 9.53 Å². The predicted octanol–water partition coefficient (Wildman–Crippen LogP) is 1.21. The molecule has 0 aromatic heterocycles. The summed E-state index contributed by atoms with van der Waals surface area (Å²) >= 11 is 5.40. The average molecular weight is 251 g/mol. The van der Waals surface area contributed by atoms with E-state index in [1.54, 1.807) is 7.11 Å². The third-order valence-corrected chi connectivity index (χ3v) is 2.18. The Kier molecular flexibility index (Phi) is 7.93. The van der Waals surface area contributed by atoms with Gasteiger partial charge in [0.25, 0.3) is 0 Å². The molecule has 0 aliphatic heterocycles. The standard InChI is InChI=1S/C10H19ClN2O3/c1-8(2)13(6-7-16-3)10(15)12-9(14)4-5-11/h8H,4-7H2,1-3H3,(H,12,14,15). The number of hydrogen-bond acceptors (Lipinski definition) is 3. The van der Waals surface area contributed by atoms with E-state index in [1.165, 1.54) is 4.90 Å². The molecule has 0 spiro atoms. The maximum Gasteiger partial charge on any atom is 0.324 e. The number of carbonyl (C=O) groups is 2. The fourth-order valence-electron chi connectivity index (χ4n) is 1.12. The number of imide groups is 1. The van der Waals surface area contributed by atoms with E-state index in [9.17, 15) is 9.59 Å². The zero-order valence-electron chi connectivity index (χ0n) is 9.96. The summed E-state index contributed by atoms with van der Waals surface area (Å²) in [5.74, 6) is -0.151. The van der Waals surface area contributed by atoms with Crippen molar-refractivity contribution in [2.24, 2.45) is 0 Å². The number of nitrogens with zero attached hydrogens (tertiary/aromatic N) is 1. The molecule has 0 atom stereocenters. The number of alkyl halides is 1. The average Bonchev–Trinajstić information content (AvgIpc) is 2.17. The van der Waals surface area contributed by atoms with Gasteiger partial charge in [0.1, 0.15) is 0 Å². The Morgan fingerprint density at radius 2 is 2.06 bits per heavy atom. The molecule has 0 aromatic carbocycles. The van der Waals surface area contributed by atoms with Gasteiger partial charge in [0.2, 0.25) is 5.91 Å². The number of methoxy groups -OCH3 is 1. The Labute approximate surface area is 101 Å². The maximum atomic E-state index is 11.7. The van der Waals surface area contributed by atoms with Crippen molar-refractivity contribution in [3.05, 3.63) is 0 Å². The zero-order chi connectivity index (χ0) is 12.6. The van der Waals surface area contributed by atoms with Crippen LogP contribution >= 0.6 is 11.6 Å². The SMILES string of the molecule is COCCN(C(=O)NC(=O)CCCl)C(C)C. The summed E-state index contributed by atoms with van der Waals surface area (Å²) in [5.41, 5.74) is 0. The van der Waals surface area contributed by atoms with Crippen molar-refractivity contribution in [1.29, 1.82) is 0 Å². The van der Waals surface area contributed by atoms with E-state index < -0.39 is 6.03 Å². The van der Waals surface area contributed by atoms with Gasteiger partial charge < -0.3 is 9.64 Å². The molecule has 1 N–H and O–H groups in total. The van der Waals surface area contributed by atoms with E-state index in [0.29, 0.717) is 13.2 Å². The molecular formula is C10H19ClN2O3. The molecule has 0 fully saturated rings. The molecule has 0 aliphatic rings. The van der Waals surface area contributed by atoms with E-state index >= 15 is 0 Å². The number of halogens is 1. The van der Waals surface area contributed by atoms with Gasteiger partial charge in [-0.05, 0) is 13.8 Å². The van der Waals surface area contributed by atoms with Crippen LogP contribution in [0.4, 0.5) is 4.79 Å². The topological polar surface area (TPSA) is 58.6 Å². The summed E-state index contributed by atoms with van der Waals surface area (Å²) in [7, 11) is 1.56. The van der Waals surface area contributed by atoms with E-state index in [4.69, 9.17) is 16.3 Å². The lowest BCUT2D eigenvalue weighted by Gasteiger charge is -2.26. The molecule has 5 nitrogen and oxygen atoms in total. The minimum Gasteiger partial charge on any atom is -0.383 e. The van der Waals surface area contributed by atoms with Gasteiger partial charge in [-0.1, -0.05) is 0 Å². The van der Waals surface area contributed by atoms with Crippen LogP contribution in [0.2, 0.25) is 0 Å². The minimum atomic E-state index is -0.401. The van der Waals surface area contributed by atoms with E-state index in [1.807, 2.05) is 13.8 Å². The molecule has 0 bridgehead atoms. The van der Waals surface area contributed by atoms with Crippen molar-refractivity contribution in [3.63, 3.8) is 0 Å². The summed E-state index contributed by atoms with van der Waals surface area (Å²) in [6, 6.07) is -0.388. The monoisotopic (exact) mass is 250 g/mol. The number of nitrogens with one attached hydrogen (secondary N) is 1. The quantitative estimate of drug-likeness (QED) is 0.721. The molecule has 6 heteroatoms. The van der Waals surface area contributed by atoms with Crippen molar-refractivity contribution in [3.8, 4) is 0 Å². The van der Waals surface area contributed by atoms with Crippen molar-refractivity contribution in [1.82, 2.24) is 10.2 Å². The number of rotatable bonds is 6. The third kappa shape index (κ3) is 5.92. The molecule has 0 heterocycles. The Morgan fingerprint density at radius 1 is 1.44 bits per heavy atom. The fraction of sp³-hybridized carbons (Fsp3) is 0.800. The molecule has 3 amide bonds. The van der Waals surface area contributed by atoms with Crippen molar-refractivity contribution in [2.75, 3.05) is 26.1 Å². The molecule has 0 radical (unpaired) electrons. The largest absolute Gasteiger partial charge is 0.383 e. The van der Waals surface area contributed by atoms with Crippen molar-refractivity contribution < 1.29 is 14.3 Å². The zero-order valence-corrected chi connectivity index (χ0v) is 10.7. The molecular weight excluding hydrogens is 232 g/mol. The Hall–Kier alpha value is -0.810. The number of ether oxygens (including phenoxy) is 1. The number of hydrogen-bond donors (Lipinski definition) is 1. The Bertz CT molecular complexity index is 234. The lowest BCUT2D eigenvalue weighted by molar-refractivity contribution is -0.119. The van der Waals surface area contributed by atoms with Crippen LogP contribution in [0.3, 0.4) is 0 Å². The molecule has 0 unspecified atom stereocenters. The highest BCUT2D eigenvalue weighted by Gasteiger charge is 2.18. The summed E-state index contributed by atoms with van der Waals surface area (Å²) in [4.78, 5) is 24.4. The van der Waals surface area contributed by atoms with Gasteiger partial charge in [0.05, 0.1) is 6.61 Å². The maximum absolute atomic E-state index is 11.7. The summed E-state index contributed by atoms with van der Waals surface area (Å²) in [6.07, 6.45) is 0.142. The Balaban J connectivity index is 4.21. The van der Waals surface area contributed by atoms with Gasteiger partial charge in [-0.2, -0.15) is 0 Å². The van der Waals surface area contributed by atoms with Crippen LogP contribution in [0.15, 0.2) is 0 Å². The molecule has 0 aromatic rings. The van der Waals surface area contributed by atoms with E-state index in [0.717, 1.165) is 0 Å². The lowest BCUT2D eigenvalue weighted by Crippen LogP contribution is -2.47. The van der Waals surface area contributed by atoms with Gasteiger partial charge in [0.15, 0.2) is 0 Å². The third-order valence-electron chi connectivity index (χ3n) is 1.99. The fourth-order valence-corrected chi connectivity index (χ4v) is 1.29. The van der Waals surface area contributed by atoms with Gasteiger partial charge in [-0.3, -0.25) is 10.1 Å². The van der Waals surface area contributed by atoms with Gasteiger partial charge in [-0.25, -0.2) is 4.79 Å². The smallest absolute Gasteiger partial charge is 0.324 e. The number of amides is 3. The first-order valence-electron chi connectivity index (χ1n) is 5.18. The highest BCUT2D eigenvalue weighted by molar-refractivity contribution is 6.19. The van der Waals surface area contributed by atoms with Crippen LogP contribution in [0.25, 0.3) is 0 Å². The van der Waals surface area contributed by atoms with Gasteiger partial charge >= 0.3 is 6.03 Å². The van der Waals surface area contributed by atoms with Crippen LogP contribution in [-0.4, -0.2) is 49.0 Å². The van der Waals surface area contributed by atoms with Crippen molar-refractivity contribution in [2.45, 2.75) is 26.3 Å². The second kappa shape index (κ2) is 8.35.